The van der Waals surface area contributed by atoms with E-state index < -0.39 is 5.97 Å². The third-order valence-corrected chi connectivity index (χ3v) is 4.51. The highest BCUT2D eigenvalue weighted by molar-refractivity contribution is 6.32. The van der Waals surface area contributed by atoms with Crippen molar-refractivity contribution < 1.29 is 14.6 Å². The fourth-order valence-corrected chi connectivity index (χ4v) is 2.91. The molecule has 25 heavy (non-hydrogen) atoms. The average Bonchev–Trinajstić information content (AvgIpc) is 2.58. The first-order valence-corrected chi connectivity index (χ1v) is 8.07. The molecule has 1 heterocycles. The number of aryl methyl sites for hydroxylation is 1. The lowest BCUT2D eigenvalue weighted by molar-refractivity contribution is -0.254. The molecule has 0 bridgehead atoms. The van der Waals surface area contributed by atoms with Crippen LogP contribution in [0.5, 0.6) is 5.75 Å². The van der Waals surface area contributed by atoms with Gasteiger partial charge in [0, 0.05) is 27.2 Å². The van der Waals surface area contributed by atoms with E-state index in [2.05, 4.69) is 10.3 Å². The first-order chi connectivity index (χ1) is 11.9. The molecule has 3 aromatic rings. The summed E-state index contributed by atoms with van der Waals surface area (Å²) in [6, 6.07) is 8.42. The average molecular weight is 376 g/mol. The first kappa shape index (κ1) is 17.3. The second-order valence-electron chi connectivity index (χ2n) is 5.37. The van der Waals surface area contributed by atoms with Crippen molar-refractivity contribution in [1.82, 2.24) is 4.98 Å². The highest BCUT2D eigenvalue weighted by Crippen LogP contribution is 2.36. The number of nitrogens with zero attached hydrogens (tertiary/aromatic N) is 1. The van der Waals surface area contributed by atoms with Gasteiger partial charge in [0.2, 0.25) is 0 Å². The van der Waals surface area contributed by atoms with Crippen LogP contribution in [0, 0.1) is 6.92 Å². The minimum Gasteiger partial charge on any atom is -0.545 e. The number of aromatic carboxylic acids is 1. The van der Waals surface area contributed by atoms with Crippen LogP contribution in [-0.4, -0.2) is 18.1 Å². The Morgan fingerprint density at radius 3 is 2.68 bits per heavy atom. The smallest absolute Gasteiger partial charge is 0.142 e. The second kappa shape index (κ2) is 6.78. The molecule has 0 aliphatic heterocycles. The Kier molecular flexibility index (Phi) is 4.70. The van der Waals surface area contributed by atoms with Crippen LogP contribution in [0.1, 0.15) is 15.9 Å². The number of hydrogen-bond donors (Lipinski definition) is 1. The van der Waals surface area contributed by atoms with E-state index in [0.717, 1.165) is 5.56 Å². The number of carbonyl (C=O) groups excluding carboxylic acids is 1. The van der Waals surface area contributed by atoms with Gasteiger partial charge in [0.05, 0.1) is 30.0 Å². The van der Waals surface area contributed by atoms with Crippen LogP contribution in [0.4, 0.5) is 11.4 Å². The number of anilines is 2. The molecule has 3 rings (SSSR count). The number of rotatable bonds is 4. The van der Waals surface area contributed by atoms with E-state index in [-0.39, 0.29) is 5.56 Å². The topological polar surface area (TPSA) is 74.3 Å². The van der Waals surface area contributed by atoms with Gasteiger partial charge in [-0.2, -0.15) is 0 Å². The Morgan fingerprint density at radius 1 is 1.24 bits per heavy atom. The Labute approximate surface area is 154 Å². The third-order valence-electron chi connectivity index (χ3n) is 3.87. The molecule has 0 unspecified atom stereocenters. The molecular weight excluding hydrogens is 363 g/mol. The van der Waals surface area contributed by atoms with Gasteiger partial charge in [0.1, 0.15) is 5.75 Å². The first-order valence-electron chi connectivity index (χ1n) is 7.32. The van der Waals surface area contributed by atoms with Crippen LogP contribution in [0.15, 0.2) is 36.5 Å². The second-order valence-corrected chi connectivity index (χ2v) is 6.22. The SMILES string of the molecule is COc1ccc(Cl)cc1Nc1c(C(=O)[O-])cnc2c(C)c(Cl)ccc12. The number of fused-ring (bicyclic) bond motifs is 1. The molecular formula is C18H13Cl2N2O3-. The van der Waals surface area contributed by atoms with Crippen LogP contribution in [-0.2, 0) is 0 Å². The fourth-order valence-electron chi connectivity index (χ4n) is 2.58. The van der Waals surface area contributed by atoms with Crippen LogP contribution in [0.25, 0.3) is 10.9 Å². The van der Waals surface area contributed by atoms with Crippen LogP contribution in [0.2, 0.25) is 10.0 Å². The number of hydrogen-bond acceptors (Lipinski definition) is 5. The number of benzene rings is 2. The van der Waals surface area contributed by atoms with Gasteiger partial charge >= 0.3 is 0 Å². The Balaban J connectivity index is 2.27. The zero-order valence-electron chi connectivity index (χ0n) is 13.4. The van der Waals surface area contributed by atoms with Crippen molar-refractivity contribution >= 4 is 51.4 Å². The van der Waals surface area contributed by atoms with Crippen molar-refractivity contribution in [3.05, 3.63) is 57.7 Å². The zero-order valence-corrected chi connectivity index (χ0v) is 14.9. The summed E-state index contributed by atoms with van der Waals surface area (Å²) in [6.07, 6.45) is 1.25. The molecule has 0 aliphatic rings. The molecule has 1 aromatic heterocycles. The summed E-state index contributed by atoms with van der Waals surface area (Å²) in [5.74, 6) is -0.824. The van der Waals surface area contributed by atoms with Crippen LogP contribution < -0.4 is 15.2 Å². The van der Waals surface area contributed by atoms with Gasteiger partial charge in [0.25, 0.3) is 0 Å². The fraction of sp³-hybridized carbons (Fsp3) is 0.111. The number of carboxylic acids is 1. The molecule has 0 aliphatic carbocycles. The summed E-state index contributed by atoms with van der Waals surface area (Å²) in [6.45, 7) is 1.82. The summed E-state index contributed by atoms with van der Waals surface area (Å²) in [7, 11) is 1.52. The van der Waals surface area contributed by atoms with Gasteiger partial charge in [-0.15, -0.1) is 0 Å². The van der Waals surface area contributed by atoms with Crippen LogP contribution >= 0.6 is 23.2 Å². The standard InChI is InChI=1S/C18H14Cl2N2O3/c1-9-13(20)5-4-11-16(9)21-8-12(18(23)24)17(11)22-14-7-10(19)3-6-15(14)25-2/h3-8H,1-2H3,(H,21,22)(H,23,24)/p-1. The number of ether oxygens (including phenoxy) is 1. The summed E-state index contributed by atoms with van der Waals surface area (Å²) in [4.78, 5) is 15.8. The predicted octanol–water partition coefficient (Wildman–Crippen LogP) is 3.97. The summed E-state index contributed by atoms with van der Waals surface area (Å²) < 4.78 is 5.31. The van der Waals surface area contributed by atoms with Gasteiger partial charge < -0.3 is 20.0 Å². The van der Waals surface area contributed by atoms with E-state index >= 15 is 0 Å². The van der Waals surface area contributed by atoms with E-state index in [4.69, 9.17) is 27.9 Å². The Morgan fingerprint density at radius 2 is 2.00 bits per heavy atom. The molecule has 7 heteroatoms. The van der Waals surface area contributed by atoms with Gasteiger partial charge in [-0.05, 0) is 42.8 Å². The Bertz CT molecular complexity index is 990. The monoisotopic (exact) mass is 375 g/mol. The lowest BCUT2D eigenvalue weighted by atomic mass is 10.1. The van der Waals surface area contributed by atoms with Gasteiger partial charge in [-0.1, -0.05) is 23.2 Å². The number of carboxylic acid groups (broad SMARTS) is 1. The van der Waals surface area contributed by atoms with E-state index in [1.54, 1.807) is 30.3 Å². The maximum atomic E-state index is 11.6. The number of carbonyl (C=O) groups is 1. The van der Waals surface area contributed by atoms with Crippen molar-refractivity contribution in [2.45, 2.75) is 6.92 Å². The predicted molar refractivity (Wildman–Crippen MR) is 97.1 cm³/mol. The molecule has 0 saturated carbocycles. The van der Waals surface area contributed by atoms with E-state index in [9.17, 15) is 9.90 Å². The van der Waals surface area contributed by atoms with Crippen molar-refractivity contribution in [3.63, 3.8) is 0 Å². The molecule has 0 amide bonds. The number of methoxy groups -OCH3 is 1. The van der Waals surface area contributed by atoms with Gasteiger partial charge in [0.15, 0.2) is 0 Å². The lowest BCUT2D eigenvalue weighted by Crippen LogP contribution is -2.23. The zero-order chi connectivity index (χ0) is 18.1. The molecule has 0 spiro atoms. The molecule has 5 nitrogen and oxygen atoms in total. The highest BCUT2D eigenvalue weighted by atomic mass is 35.5. The Hall–Kier alpha value is -2.50. The number of aromatic nitrogens is 1. The molecule has 0 radical (unpaired) electrons. The highest BCUT2D eigenvalue weighted by Gasteiger charge is 2.15. The van der Waals surface area contributed by atoms with Gasteiger partial charge in [-0.3, -0.25) is 4.98 Å². The summed E-state index contributed by atoms with van der Waals surface area (Å²) in [5.41, 5.74) is 2.14. The van der Waals surface area contributed by atoms with Crippen molar-refractivity contribution in [1.29, 1.82) is 0 Å². The van der Waals surface area contributed by atoms with E-state index in [1.807, 2.05) is 6.92 Å². The summed E-state index contributed by atoms with van der Waals surface area (Å²) >= 11 is 12.2. The normalized spacial score (nSPS) is 10.7. The lowest BCUT2D eigenvalue weighted by Gasteiger charge is -2.18. The molecule has 128 valence electrons. The van der Waals surface area contributed by atoms with Gasteiger partial charge in [-0.25, -0.2) is 0 Å². The summed E-state index contributed by atoms with van der Waals surface area (Å²) in [5, 5.41) is 16.3. The van der Waals surface area contributed by atoms with Crippen molar-refractivity contribution in [2.75, 3.05) is 12.4 Å². The van der Waals surface area contributed by atoms with E-state index in [0.29, 0.717) is 38.1 Å². The largest absolute Gasteiger partial charge is 0.545 e. The minimum absolute atomic E-state index is 0.0729. The minimum atomic E-state index is -1.34. The third kappa shape index (κ3) is 3.21. The molecule has 0 fully saturated rings. The quantitative estimate of drug-likeness (QED) is 0.746. The molecule has 0 saturated heterocycles. The van der Waals surface area contributed by atoms with Crippen molar-refractivity contribution in [3.8, 4) is 5.75 Å². The maximum Gasteiger partial charge on any atom is 0.142 e. The van der Waals surface area contributed by atoms with Crippen LogP contribution in [0.3, 0.4) is 0 Å². The maximum absolute atomic E-state index is 11.6. The number of pyridine rings is 1. The molecule has 2 aromatic carbocycles. The molecule has 1 N–H and O–H groups in total. The number of nitrogens with one attached hydrogen (secondary N) is 1. The van der Waals surface area contributed by atoms with Crippen molar-refractivity contribution in [2.24, 2.45) is 0 Å². The molecule has 0 atom stereocenters. The van der Waals surface area contributed by atoms with E-state index in [1.165, 1.54) is 13.3 Å². The number of halogens is 2.